The first-order chi connectivity index (χ1) is 6.20. The monoisotopic (exact) mass is 174 g/mol. The number of benzene rings is 1. The van der Waals surface area contributed by atoms with Gasteiger partial charge in [0.25, 0.3) is 0 Å². The fourth-order valence-electron chi connectivity index (χ4n) is 1.35. The summed E-state index contributed by atoms with van der Waals surface area (Å²) in [6, 6.07) is 6.01. The van der Waals surface area contributed by atoms with E-state index < -0.39 is 0 Å². The van der Waals surface area contributed by atoms with Crippen molar-refractivity contribution in [1.82, 2.24) is 0 Å². The van der Waals surface area contributed by atoms with E-state index in [2.05, 4.69) is 13.0 Å². The third-order valence-corrected chi connectivity index (χ3v) is 2.35. The molecule has 0 fully saturated rings. The number of aryl methyl sites for hydroxylation is 1. The SMILES string of the molecule is C/C=C(\C=O)c1cccc(C)c1C. The number of allylic oxidation sites excluding steroid dienone is 2. The van der Waals surface area contributed by atoms with E-state index in [0.717, 1.165) is 17.4 Å². The van der Waals surface area contributed by atoms with Crippen molar-refractivity contribution in [3.8, 4) is 0 Å². The minimum Gasteiger partial charge on any atom is -0.298 e. The largest absolute Gasteiger partial charge is 0.298 e. The fraction of sp³-hybridized carbons (Fsp3) is 0.250. The summed E-state index contributed by atoms with van der Waals surface area (Å²) in [5, 5.41) is 0. The van der Waals surface area contributed by atoms with Gasteiger partial charge in [-0.15, -0.1) is 0 Å². The molecule has 0 bridgehead atoms. The number of aldehydes is 1. The highest BCUT2D eigenvalue weighted by molar-refractivity contribution is 6.07. The van der Waals surface area contributed by atoms with Crippen LogP contribution in [0.5, 0.6) is 0 Å². The molecule has 0 N–H and O–H groups in total. The van der Waals surface area contributed by atoms with Crippen LogP contribution in [0.3, 0.4) is 0 Å². The van der Waals surface area contributed by atoms with Crippen molar-refractivity contribution in [2.75, 3.05) is 0 Å². The van der Waals surface area contributed by atoms with Crippen molar-refractivity contribution >= 4 is 11.9 Å². The lowest BCUT2D eigenvalue weighted by atomic mass is 9.98. The maximum absolute atomic E-state index is 10.7. The highest BCUT2D eigenvalue weighted by Crippen LogP contribution is 2.19. The van der Waals surface area contributed by atoms with Gasteiger partial charge in [0.05, 0.1) is 0 Å². The van der Waals surface area contributed by atoms with Crippen LogP contribution in [0.1, 0.15) is 23.6 Å². The highest BCUT2D eigenvalue weighted by atomic mass is 16.1. The second kappa shape index (κ2) is 4.04. The van der Waals surface area contributed by atoms with Crippen molar-refractivity contribution in [2.45, 2.75) is 20.8 Å². The topological polar surface area (TPSA) is 17.1 Å². The lowest BCUT2D eigenvalue weighted by Gasteiger charge is -2.07. The molecular formula is C12H14O. The van der Waals surface area contributed by atoms with Crippen LogP contribution in [-0.2, 0) is 4.79 Å². The summed E-state index contributed by atoms with van der Waals surface area (Å²) in [6.45, 7) is 5.97. The first-order valence-electron chi connectivity index (χ1n) is 4.38. The average molecular weight is 174 g/mol. The molecule has 13 heavy (non-hydrogen) atoms. The van der Waals surface area contributed by atoms with Gasteiger partial charge in [0.15, 0.2) is 0 Å². The van der Waals surface area contributed by atoms with Crippen LogP contribution in [0, 0.1) is 13.8 Å². The Morgan fingerprint density at radius 2 is 2.00 bits per heavy atom. The molecule has 1 heteroatoms. The second-order valence-corrected chi connectivity index (χ2v) is 3.11. The van der Waals surface area contributed by atoms with Gasteiger partial charge < -0.3 is 0 Å². The molecule has 1 aromatic carbocycles. The minimum atomic E-state index is 0.765. The van der Waals surface area contributed by atoms with Gasteiger partial charge in [-0.1, -0.05) is 24.3 Å². The first-order valence-corrected chi connectivity index (χ1v) is 4.38. The number of rotatable bonds is 2. The molecule has 0 atom stereocenters. The fourth-order valence-corrected chi connectivity index (χ4v) is 1.35. The maximum atomic E-state index is 10.7. The van der Waals surface area contributed by atoms with E-state index >= 15 is 0 Å². The van der Waals surface area contributed by atoms with E-state index in [9.17, 15) is 4.79 Å². The van der Waals surface area contributed by atoms with E-state index in [4.69, 9.17) is 0 Å². The van der Waals surface area contributed by atoms with Crippen LogP contribution >= 0.6 is 0 Å². The molecule has 68 valence electrons. The third kappa shape index (κ3) is 1.86. The lowest BCUT2D eigenvalue weighted by molar-refractivity contribution is -0.103. The zero-order valence-electron chi connectivity index (χ0n) is 8.29. The molecule has 0 aliphatic carbocycles. The molecule has 0 amide bonds. The summed E-state index contributed by atoms with van der Waals surface area (Å²) in [6.07, 6.45) is 2.75. The molecule has 0 saturated carbocycles. The Hall–Kier alpha value is -1.37. The smallest absolute Gasteiger partial charge is 0.150 e. The van der Waals surface area contributed by atoms with Gasteiger partial charge in [0.2, 0.25) is 0 Å². The van der Waals surface area contributed by atoms with Gasteiger partial charge in [-0.25, -0.2) is 0 Å². The second-order valence-electron chi connectivity index (χ2n) is 3.11. The van der Waals surface area contributed by atoms with Gasteiger partial charge in [0.1, 0.15) is 6.29 Å². The van der Waals surface area contributed by atoms with Crippen molar-refractivity contribution in [2.24, 2.45) is 0 Å². The van der Waals surface area contributed by atoms with Crippen molar-refractivity contribution in [1.29, 1.82) is 0 Å². The van der Waals surface area contributed by atoms with Crippen LogP contribution in [0.15, 0.2) is 24.3 Å². The van der Waals surface area contributed by atoms with E-state index in [-0.39, 0.29) is 0 Å². The molecule has 0 aromatic heterocycles. The summed E-state index contributed by atoms with van der Waals surface area (Å²) in [5.41, 5.74) is 4.21. The minimum absolute atomic E-state index is 0.765. The van der Waals surface area contributed by atoms with E-state index in [1.54, 1.807) is 0 Å². The van der Waals surface area contributed by atoms with Crippen LogP contribution in [0.25, 0.3) is 5.57 Å². The third-order valence-electron chi connectivity index (χ3n) is 2.35. The van der Waals surface area contributed by atoms with E-state index in [1.165, 1.54) is 11.1 Å². The molecule has 1 rings (SSSR count). The molecule has 0 radical (unpaired) electrons. The standard InChI is InChI=1S/C12H14O/c1-4-11(8-13)12-7-5-6-9(2)10(12)3/h4-8H,1-3H3/b11-4+. The molecule has 0 aliphatic rings. The van der Waals surface area contributed by atoms with E-state index in [1.807, 2.05) is 32.1 Å². The van der Waals surface area contributed by atoms with Crippen molar-refractivity contribution < 1.29 is 4.79 Å². The number of carbonyl (C=O) groups is 1. The summed E-state index contributed by atoms with van der Waals surface area (Å²) < 4.78 is 0. The Balaban J connectivity index is 3.29. The molecule has 1 aromatic rings. The Bertz CT molecular complexity index is 348. The predicted molar refractivity (Wildman–Crippen MR) is 55.6 cm³/mol. The van der Waals surface area contributed by atoms with Gasteiger partial charge in [-0.2, -0.15) is 0 Å². The summed E-state index contributed by atoms with van der Waals surface area (Å²) >= 11 is 0. The predicted octanol–water partition coefficient (Wildman–Crippen LogP) is 2.91. The van der Waals surface area contributed by atoms with Gasteiger partial charge in [-0.3, -0.25) is 4.79 Å². The summed E-state index contributed by atoms with van der Waals surface area (Å²) in [5.74, 6) is 0. The Morgan fingerprint density at radius 3 is 2.54 bits per heavy atom. The zero-order valence-corrected chi connectivity index (χ0v) is 8.29. The first kappa shape index (κ1) is 9.72. The number of hydrogen-bond acceptors (Lipinski definition) is 1. The highest BCUT2D eigenvalue weighted by Gasteiger charge is 2.03. The van der Waals surface area contributed by atoms with Gasteiger partial charge in [0, 0.05) is 5.57 Å². The molecule has 0 aliphatic heterocycles. The quantitative estimate of drug-likeness (QED) is 0.497. The lowest BCUT2D eigenvalue weighted by Crippen LogP contribution is -1.92. The van der Waals surface area contributed by atoms with Crippen LogP contribution < -0.4 is 0 Å². The molecule has 0 spiro atoms. The Morgan fingerprint density at radius 1 is 1.31 bits per heavy atom. The number of carbonyl (C=O) groups excluding carboxylic acids is 1. The molecule has 1 nitrogen and oxygen atoms in total. The zero-order chi connectivity index (χ0) is 9.84. The molecular weight excluding hydrogens is 160 g/mol. The molecule has 0 unspecified atom stereocenters. The van der Waals surface area contributed by atoms with Crippen molar-refractivity contribution in [3.63, 3.8) is 0 Å². The van der Waals surface area contributed by atoms with Crippen molar-refractivity contribution in [3.05, 3.63) is 41.0 Å². The number of hydrogen-bond donors (Lipinski definition) is 0. The van der Waals surface area contributed by atoms with E-state index in [0.29, 0.717) is 0 Å². The molecule has 0 heterocycles. The summed E-state index contributed by atoms with van der Waals surface area (Å²) in [4.78, 5) is 10.7. The average Bonchev–Trinajstić information content (AvgIpc) is 2.14. The normalized spacial score (nSPS) is 11.5. The van der Waals surface area contributed by atoms with Crippen LogP contribution in [-0.4, -0.2) is 6.29 Å². The van der Waals surface area contributed by atoms with Gasteiger partial charge >= 0.3 is 0 Å². The Kier molecular flexibility index (Phi) is 3.02. The van der Waals surface area contributed by atoms with Crippen LogP contribution in [0.4, 0.5) is 0 Å². The maximum Gasteiger partial charge on any atom is 0.150 e. The molecule has 0 saturated heterocycles. The summed E-state index contributed by atoms with van der Waals surface area (Å²) in [7, 11) is 0. The van der Waals surface area contributed by atoms with Crippen LogP contribution in [0.2, 0.25) is 0 Å². The Labute approximate surface area is 79.1 Å². The van der Waals surface area contributed by atoms with Gasteiger partial charge in [-0.05, 0) is 37.5 Å².